The minimum Gasteiger partial charge on any atom is -0.497 e. The Morgan fingerprint density at radius 3 is 2.40 bits per heavy atom. The summed E-state index contributed by atoms with van der Waals surface area (Å²) in [7, 11) is 3.18. The van der Waals surface area contributed by atoms with Crippen molar-refractivity contribution in [3.05, 3.63) is 112 Å². The molecule has 11 heteroatoms. The summed E-state index contributed by atoms with van der Waals surface area (Å²) in [5.74, 6) is 0.760. The van der Waals surface area contributed by atoms with E-state index in [1.807, 2.05) is 42.5 Å². The first-order valence-electron chi connectivity index (χ1n) is 13.1. The highest BCUT2D eigenvalue weighted by Crippen LogP contribution is 2.25. The number of amides is 2. The number of ether oxygens (including phenoxy) is 1. The van der Waals surface area contributed by atoms with Gasteiger partial charge >= 0.3 is 0 Å². The van der Waals surface area contributed by atoms with Gasteiger partial charge in [0.15, 0.2) is 0 Å². The molecule has 1 atom stereocenters. The van der Waals surface area contributed by atoms with Crippen LogP contribution >= 0.6 is 23.2 Å². The van der Waals surface area contributed by atoms with Crippen molar-refractivity contribution in [2.45, 2.75) is 19.3 Å². The zero-order valence-electron chi connectivity index (χ0n) is 23.1. The summed E-state index contributed by atoms with van der Waals surface area (Å²) in [4.78, 5) is 33.7. The lowest BCUT2D eigenvalue weighted by Crippen LogP contribution is -2.41. The maximum Gasteiger partial charge on any atom is 0.273 e. The number of halogens is 2. The van der Waals surface area contributed by atoms with Gasteiger partial charge in [0, 0.05) is 41.8 Å². The zero-order chi connectivity index (χ0) is 30.1. The number of aromatic nitrogens is 2. The second-order valence-electron chi connectivity index (χ2n) is 9.58. The highest BCUT2D eigenvalue weighted by molar-refractivity contribution is 6.43. The molecule has 2 amide bonds. The van der Waals surface area contributed by atoms with Crippen LogP contribution in [0.1, 0.15) is 23.1 Å². The minimum atomic E-state index is -0.453. The Hall–Kier alpha value is -4.47. The van der Waals surface area contributed by atoms with Crippen LogP contribution in [0, 0.1) is 5.92 Å². The van der Waals surface area contributed by atoms with Crippen molar-refractivity contribution >= 4 is 52.4 Å². The summed E-state index contributed by atoms with van der Waals surface area (Å²) in [6, 6.07) is 22.1. The number of nitrogens with one attached hydrogen (secondary N) is 1. The molecule has 9 nitrogen and oxygen atoms in total. The van der Waals surface area contributed by atoms with Crippen molar-refractivity contribution in [2.75, 3.05) is 25.2 Å². The van der Waals surface area contributed by atoms with E-state index in [2.05, 4.69) is 20.4 Å². The molecule has 216 valence electrons. The van der Waals surface area contributed by atoms with Crippen molar-refractivity contribution in [1.82, 2.24) is 15.0 Å². The van der Waals surface area contributed by atoms with Gasteiger partial charge < -0.3 is 15.8 Å². The fourth-order valence-electron chi connectivity index (χ4n) is 4.35. The van der Waals surface area contributed by atoms with E-state index >= 15 is 0 Å². The van der Waals surface area contributed by atoms with Crippen molar-refractivity contribution < 1.29 is 14.3 Å². The predicted molar refractivity (Wildman–Crippen MR) is 166 cm³/mol. The van der Waals surface area contributed by atoms with Gasteiger partial charge in [0.1, 0.15) is 23.1 Å². The van der Waals surface area contributed by atoms with Crippen LogP contribution in [-0.2, 0) is 22.4 Å². The normalized spacial score (nSPS) is 14.4. The summed E-state index contributed by atoms with van der Waals surface area (Å²) in [6.07, 6.45) is 4.67. The lowest BCUT2D eigenvalue weighted by molar-refractivity contribution is -0.134. The van der Waals surface area contributed by atoms with Gasteiger partial charge in [0.25, 0.3) is 5.91 Å². The monoisotopic (exact) mass is 604 g/mol. The molecule has 0 saturated heterocycles. The van der Waals surface area contributed by atoms with Crippen LogP contribution in [0.5, 0.6) is 5.75 Å². The van der Waals surface area contributed by atoms with Crippen molar-refractivity contribution in [1.29, 1.82) is 0 Å². The molecular formula is C31H30Cl2N6O3. The molecular weight excluding hydrogens is 575 g/mol. The fourth-order valence-corrected chi connectivity index (χ4v) is 4.92. The van der Waals surface area contributed by atoms with Gasteiger partial charge in [0.2, 0.25) is 5.91 Å². The third kappa shape index (κ3) is 8.76. The molecule has 1 unspecified atom stereocenters. The molecule has 1 aliphatic heterocycles. The van der Waals surface area contributed by atoms with Crippen molar-refractivity contribution in [3.8, 4) is 5.75 Å². The van der Waals surface area contributed by atoms with Crippen LogP contribution in [0.2, 0.25) is 10.0 Å². The number of hydrazone groups is 1. The fraction of sp³-hybridized carbons (Fsp3) is 0.194. The number of hydrogen-bond donors (Lipinski definition) is 2. The first-order valence-corrected chi connectivity index (χ1v) is 13.8. The molecule has 2 aromatic heterocycles. The van der Waals surface area contributed by atoms with Gasteiger partial charge in [-0.15, -0.1) is 0 Å². The molecule has 2 aromatic carbocycles. The van der Waals surface area contributed by atoms with E-state index in [-0.39, 0.29) is 18.0 Å². The largest absolute Gasteiger partial charge is 0.497 e. The first kappa shape index (κ1) is 30.5. The number of carbonyl (C=O) groups is 2. The topological polar surface area (TPSA) is 123 Å². The lowest BCUT2D eigenvalue weighted by atomic mass is 9.91. The standard InChI is InChI=1S/C26H24Cl2N4O3.C5H6N2/c1-32-26(34)19(9-18-10-20(27)14-21(28)11-18)13-23(31-32)25(33)30-24-7-6-17(15-29-24)8-16-4-3-5-22(12-16)35-2;6-5-3-1-2-4-7-5/h3-7,10-12,14-15,19H,8-9,13H2,1-2H3,(H,29,30,33);1-4H,(H2,6,7). The van der Waals surface area contributed by atoms with E-state index in [9.17, 15) is 9.59 Å². The van der Waals surface area contributed by atoms with Crippen molar-refractivity contribution in [3.63, 3.8) is 0 Å². The number of nitrogens with two attached hydrogens (primary N) is 1. The summed E-state index contributed by atoms with van der Waals surface area (Å²) < 4.78 is 5.27. The lowest BCUT2D eigenvalue weighted by Gasteiger charge is -2.26. The number of pyridine rings is 2. The molecule has 3 N–H and O–H groups in total. The number of methoxy groups -OCH3 is 1. The van der Waals surface area contributed by atoms with Gasteiger partial charge in [-0.25, -0.2) is 15.0 Å². The van der Waals surface area contributed by atoms with Gasteiger partial charge in [-0.1, -0.05) is 47.5 Å². The molecule has 0 aliphatic carbocycles. The average Bonchev–Trinajstić information content (AvgIpc) is 2.96. The van der Waals surface area contributed by atoms with Crippen LogP contribution in [-0.4, -0.2) is 46.7 Å². The third-order valence-electron chi connectivity index (χ3n) is 6.34. The average molecular weight is 606 g/mol. The molecule has 0 radical (unpaired) electrons. The Morgan fingerprint density at radius 2 is 1.79 bits per heavy atom. The Bertz CT molecular complexity index is 1540. The third-order valence-corrected chi connectivity index (χ3v) is 6.78. The van der Waals surface area contributed by atoms with Crippen LogP contribution < -0.4 is 15.8 Å². The number of rotatable bonds is 7. The molecule has 0 fully saturated rings. The highest BCUT2D eigenvalue weighted by Gasteiger charge is 2.32. The number of anilines is 2. The highest BCUT2D eigenvalue weighted by atomic mass is 35.5. The predicted octanol–water partition coefficient (Wildman–Crippen LogP) is 5.67. The Morgan fingerprint density at radius 1 is 1.00 bits per heavy atom. The summed E-state index contributed by atoms with van der Waals surface area (Å²) in [5.41, 5.74) is 8.42. The first-order chi connectivity index (χ1) is 20.2. The molecule has 5 rings (SSSR count). The molecule has 1 aliphatic rings. The number of hydrogen-bond acceptors (Lipinski definition) is 7. The number of carbonyl (C=O) groups excluding carboxylic acids is 2. The van der Waals surface area contributed by atoms with E-state index in [1.54, 1.807) is 56.9 Å². The number of nitrogen functional groups attached to an aromatic ring is 1. The van der Waals surface area contributed by atoms with Gasteiger partial charge in [-0.2, -0.15) is 5.10 Å². The van der Waals surface area contributed by atoms with Crippen LogP contribution in [0.4, 0.5) is 11.6 Å². The van der Waals surface area contributed by atoms with Crippen molar-refractivity contribution in [2.24, 2.45) is 11.0 Å². The van der Waals surface area contributed by atoms with E-state index < -0.39 is 11.8 Å². The van der Waals surface area contributed by atoms with E-state index in [4.69, 9.17) is 33.7 Å². The molecule has 0 bridgehead atoms. The second kappa shape index (κ2) is 14.4. The Balaban J connectivity index is 0.000000507. The van der Waals surface area contributed by atoms with Gasteiger partial charge in [-0.05, 0) is 78.1 Å². The quantitative estimate of drug-likeness (QED) is 0.280. The summed E-state index contributed by atoms with van der Waals surface area (Å²) in [5, 5.41) is 9.15. The summed E-state index contributed by atoms with van der Waals surface area (Å²) in [6.45, 7) is 0. The molecule has 42 heavy (non-hydrogen) atoms. The maximum atomic E-state index is 12.9. The molecule has 0 saturated carbocycles. The van der Waals surface area contributed by atoms with Crippen LogP contribution in [0.25, 0.3) is 0 Å². The Labute approximate surface area is 254 Å². The molecule has 4 aromatic rings. The minimum absolute atomic E-state index is 0.169. The molecule has 3 heterocycles. The number of nitrogens with zero attached hydrogens (tertiary/aromatic N) is 4. The Kier molecular flexibility index (Phi) is 10.5. The van der Waals surface area contributed by atoms with Gasteiger partial charge in [0.05, 0.1) is 7.11 Å². The number of benzene rings is 2. The molecule has 0 spiro atoms. The van der Waals surface area contributed by atoms with Crippen LogP contribution in [0.3, 0.4) is 0 Å². The zero-order valence-corrected chi connectivity index (χ0v) is 24.6. The second-order valence-corrected chi connectivity index (χ2v) is 10.5. The van der Waals surface area contributed by atoms with E-state index in [1.165, 1.54) is 5.01 Å². The maximum absolute atomic E-state index is 12.9. The SMILES string of the molecule is COc1cccc(Cc2ccc(NC(=O)C3=NN(C)C(=O)C(Cc4cc(Cl)cc(Cl)c4)C3)nc2)c1.Nc1ccccn1. The van der Waals surface area contributed by atoms with Gasteiger partial charge in [-0.3, -0.25) is 9.59 Å². The van der Waals surface area contributed by atoms with E-state index in [0.717, 1.165) is 22.4 Å². The summed E-state index contributed by atoms with van der Waals surface area (Å²) >= 11 is 12.2. The van der Waals surface area contributed by atoms with Crippen LogP contribution in [0.15, 0.2) is 90.3 Å². The van der Waals surface area contributed by atoms with E-state index in [0.29, 0.717) is 34.5 Å². The smallest absolute Gasteiger partial charge is 0.273 e.